The van der Waals surface area contributed by atoms with E-state index in [9.17, 15) is 14.7 Å². The van der Waals surface area contributed by atoms with Gasteiger partial charge in [0.1, 0.15) is 0 Å². The van der Waals surface area contributed by atoms with E-state index in [2.05, 4.69) is 27.7 Å². The number of unbranched alkanes of at least 4 members (excludes halogenated alkanes) is 2. The third kappa shape index (κ3) is 8.59. The summed E-state index contributed by atoms with van der Waals surface area (Å²) >= 11 is 0. The van der Waals surface area contributed by atoms with E-state index in [4.69, 9.17) is 4.74 Å². The van der Waals surface area contributed by atoms with Crippen LogP contribution in [0.15, 0.2) is 18.2 Å². The first-order chi connectivity index (χ1) is 12.9. The van der Waals surface area contributed by atoms with Gasteiger partial charge in [0, 0.05) is 0 Å². The zero-order chi connectivity index (χ0) is 20.2. The number of ether oxygens (including phenoxy) is 1. The van der Waals surface area contributed by atoms with Crippen LogP contribution in [0.2, 0.25) is 0 Å². The fourth-order valence-electron chi connectivity index (χ4n) is 3.25. The van der Waals surface area contributed by atoms with Gasteiger partial charge in [-0.2, -0.15) is 0 Å². The van der Waals surface area contributed by atoms with Crippen molar-refractivity contribution in [1.82, 2.24) is 0 Å². The summed E-state index contributed by atoms with van der Waals surface area (Å²) in [7, 11) is 0. The van der Waals surface area contributed by atoms with Crippen LogP contribution >= 0.6 is 0 Å². The first kappa shape index (κ1) is 23.2. The molecule has 0 aliphatic heterocycles. The van der Waals surface area contributed by atoms with E-state index >= 15 is 0 Å². The van der Waals surface area contributed by atoms with Crippen LogP contribution in [0.5, 0.6) is 0 Å². The molecular formula is C23H36O4. The van der Waals surface area contributed by atoms with Gasteiger partial charge in [-0.25, -0.2) is 9.59 Å². The Hall–Kier alpha value is -1.84. The minimum Gasteiger partial charge on any atom is -0.478 e. The summed E-state index contributed by atoms with van der Waals surface area (Å²) in [5.74, 6) is -0.195. The second-order valence-corrected chi connectivity index (χ2v) is 7.82. The van der Waals surface area contributed by atoms with Gasteiger partial charge in [0.15, 0.2) is 0 Å². The maximum atomic E-state index is 12.6. The molecule has 27 heavy (non-hydrogen) atoms. The molecule has 0 aliphatic carbocycles. The van der Waals surface area contributed by atoms with E-state index in [1.54, 1.807) is 12.1 Å². The predicted molar refractivity (Wildman–Crippen MR) is 109 cm³/mol. The average Bonchev–Trinajstić information content (AvgIpc) is 2.64. The number of carboxylic acids is 1. The Kier molecular flexibility index (Phi) is 10.8. The smallest absolute Gasteiger partial charge is 0.338 e. The SMILES string of the molecule is CCCCC(CC)Cc1cc(C(=O)O)ccc1C(=O)OCCCCC(C)C. The number of benzene rings is 1. The number of carbonyl (C=O) groups is 2. The number of esters is 1. The maximum Gasteiger partial charge on any atom is 0.338 e. The molecular weight excluding hydrogens is 340 g/mol. The fourth-order valence-corrected chi connectivity index (χ4v) is 3.25. The van der Waals surface area contributed by atoms with Gasteiger partial charge in [0.05, 0.1) is 17.7 Å². The lowest BCUT2D eigenvalue weighted by molar-refractivity contribution is 0.0494. The van der Waals surface area contributed by atoms with Gasteiger partial charge in [-0.05, 0) is 54.9 Å². The highest BCUT2D eigenvalue weighted by Crippen LogP contribution is 2.23. The van der Waals surface area contributed by atoms with E-state index in [1.165, 1.54) is 6.07 Å². The number of carboxylic acid groups (broad SMARTS) is 1. The molecule has 0 spiro atoms. The molecule has 0 amide bonds. The average molecular weight is 377 g/mol. The van der Waals surface area contributed by atoms with Crippen molar-refractivity contribution in [2.24, 2.45) is 11.8 Å². The summed E-state index contributed by atoms with van der Waals surface area (Å²) in [6, 6.07) is 4.75. The number of aromatic carboxylic acids is 1. The third-order valence-corrected chi connectivity index (χ3v) is 5.03. The first-order valence-corrected chi connectivity index (χ1v) is 10.4. The topological polar surface area (TPSA) is 63.6 Å². The van der Waals surface area contributed by atoms with Crippen LogP contribution in [0.25, 0.3) is 0 Å². The summed E-state index contributed by atoms with van der Waals surface area (Å²) in [4.78, 5) is 23.9. The number of hydrogen-bond acceptors (Lipinski definition) is 3. The summed E-state index contributed by atoms with van der Waals surface area (Å²) in [6.45, 7) is 9.10. The lowest BCUT2D eigenvalue weighted by Gasteiger charge is -2.17. The van der Waals surface area contributed by atoms with Gasteiger partial charge in [-0.1, -0.05) is 59.8 Å². The van der Waals surface area contributed by atoms with Crippen molar-refractivity contribution in [2.45, 2.75) is 79.1 Å². The third-order valence-electron chi connectivity index (χ3n) is 5.03. The van der Waals surface area contributed by atoms with Gasteiger partial charge >= 0.3 is 11.9 Å². The zero-order valence-electron chi connectivity index (χ0n) is 17.4. The molecule has 0 radical (unpaired) electrons. The van der Waals surface area contributed by atoms with Crippen molar-refractivity contribution >= 4 is 11.9 Å². The first-order valence-electron chi connectivity index (χ1n) is 10.4. The zero-order valence-corrected chi connectivity index (χ0v) is 17.4. The van der Waals surface area contributed by atoms with Crippen molar-refractivity contribution in [3.8, 4) is 0 Å². The Morgan fingerprint density at radius 2 is 1.81 bits per heavy atom. The highest BCUT2D eigenvalue weighted by molar-refractivity contribution is 5.94. The Morgan fingerprint density at radius 3 is 2.41 bits per heavy atom. The largest absolute Gasteiger partial charge is 0.478 e. The van der Waals surface area contributed by atoms with Crippen LogP contribution < -0.4 is 0 Å². The minimum absolute atomic E-state index is 0.226. The molecule has 1 atom stereocenters. The number of hydrogen-bond donors (Lipinski definition) is 1. The monoisotopic (exact) mass is 376 g/mol. The molecule has 152 valence electrons. The molecule has 1 N–H and O–H groups in total. The molecule has 0 saturated heterocycles. The second kappa shape index (κ2) is 12.5. The lowest BCUT2D eigenvalue weighted by Crippen LogP contribution is -2.14. The Balaban J connectivity index is 2.84. The molecule has 0 aromatic heterocycles. The highest BCUT2D eigenvalue weighted by Gasteiger charge is 2.18. The van der Waals surface area contributed by atoms with Crippen molar-refractivity contribution in [3.63, 3.8) is 0 Å². The molecule has 4 heteroatoms. The van der Waals surface area contributed by atoms with Crippen molar-refractivity contribution in [1.29, 1.82) is 0 Å². The molecule has 1 rings (SSSR count). The van der Waals surface area contributed by atoms with Crippen molar-refractivity contribution in [2.75, 3.05) is 6.61 Å². The Bertz CT molecular complexity index is 592. The van der Waals surface area contributed by atoms with Gasteiger partial charge < -0.3 is 9.84 Å². The van der Waals surface area contributed by atoms with Gasteiger partial charge in [0.2, 0.25) is 0 Å². The molecule has 1 unspecified atom stereocenters. The predicted octanol–water partition coefficient (Wildman–Crippen LogP) is 6.13. The number of carbonyl (C=O) groups excluding carboxylic acids is 1. The van der Waals surface area contributed by atoms with Crippen LogP contribution in [0, 0.1) is 11.8 Å². The lowest BCUT2D eigenvalue weighted by atomic mass is 9.89. The van der Waals surface area contributed by atoms with Crippen LogP contribution in [-0.4, -0.2) is 23.7 Å². The van der Waals surface area contributed by atoms with Crippen LogP contribution in [-0.2, 0) is 11.2 Å². The normalized spacial score (nSPS) is 12.2. The molecule has 0 fully saturated rings. The van der Waals surface area contributed by atoms with E-state index < -0.39 is 5.97 Å². The Labute approximate surface area is 164 Å². The molecule has 0 aliphatic rings. The molecule has 1 aromatic carbocycles. The number of rotatable bonds is 13. The van der Waals surface area contributed by atoms with Gasteiger partial charge in [-0.15, -0.1) is 0 Å². The minimum atomic E-state index is -0.966. The quantitative estimate of drug-likeness (QED) is 0.332. The molecule has 0 heterocycles. The maximum absolute atomic E-state index is 12.6. The van der Waals surface area contributed by atoms with E-state index in [0.29, 0.717) is 24.0 Å². The molecule has 1 aromatic rings. The summed E-state index contributed by atoms with van der Waals surface area (Å²) in [5, 5.41) is 9.30. The van der Waals surface area contributed by atoms with Gasteiger partial charge in [-0.3, -0.25) is 0 Å². The molecule has 0 bridgehead atoms. The highest BCUT2D eigenvalue weighted by atomic mass is 16.5. The van der Waals surface area contributed by atoms with Crippen LogP contribution in [0.3, 0.4) is 0 Å². The van der Waals surface area contributed by atoms with E-state index in [-0.39, 0.29) is 11.5 Å². The van der Waals surface area contributed by atoms with Crippen LogP contribution in [0.4, 0.5) is 0 Å². The van der Waals surface area contributed by atoms with E-state index in [1.807, 2.05) is 0 Å². The summed E-state index contributed by atoms with van der Waals surface area (Å²) < 4.78 is 5.46. The summed E-state index contributed by atoms with van der Waals surface area (Å²) in [5.41, 5.74) is 1.53. The molecule has 4 nitrogen and oxygen atoms in total. The second-order valence-electron chi connectivity index (χ2n) is 7.82. The fraction of sp³-hybridized carbons (Fsp3) is 0.652. The Morgan fingerprint density at radius 1 is 1.07 bits per heavy atom. The van der Waals surface area contributed by atoms with Crippen molar-refractivity contribution < 1.29 is 19.4 Å². The van der Waals surface area contributed by atoms with Crippen LogP contribution in [0.1, 0.15) is 98.9 Å². The van der Waals surface area contributed by atoms with E-state index in [0.717, 1.165) is 56.9 Å². The molecule has 0 saturated carbocycles. The standard InChI is InChI=1S/C23H36O4/c1-5-7-11-18(6-2)15-20-16-19(22(24)25)12-13-21(20)23(26)27-14-9-8-10-17(3)4/h12-13,16-18H,5-11,14-15H2,1-4H3,(H,24,25). The summed E-state index contributed by atoms with van der Waals surface area (Å²) in [6.07, 6.45) is 8.14. The van der Waals surface area contributed by atoms with Gasteiger partial charge in [0.25, 0.3) is 0 Å². The van der Waals surface area contributed by atoms with Crippen molar-refractivity contribution in [3.05, 3.63) is 34.9 Å².